The third kappa shape index (κ3) is 5.63. The van der Waals surface area contributed by atoms with E-state index in [0.717, 1.165) is 13.0 Å². The van der Waals surface area contributed by atoms with Gasteiger partial charge in [-0.05, 0) is 30.0 Å². The van der Waals surface area contributed by atoms with Crippen LogP contribution in [-0.4, -0.2) is 6.54 Å². The van der Waals surface area contributed by atoms with Crippen LogP contribution in [-0.2, 0) is 6.42 Å². The second kappa shape index (κ2) is 9.23. The predicted octanol–water partition coefficient (Wildman–Crippen LogP) is 5.66. The summed E-state index contributed by atoms with van der Waals surface area (Å²) in [6.07, 6.45) is 7.64. The van der Waals surface area contributed by atoms with Crippen LogP contribution in [0.15, 0.2) is 54.6 Å². The van der Waals surface area contributed by atoms with Gasteiger partial charge in [0.15, 0.2) is 0 Å². The summed E-state index contributed by atoms with van der Waals surface area (Å²) in [5.74, 6) is 0. The second-order valence-electron chi connectivity index (χ2n) is 5.66. The van der Waals surface area contributed by atoms with Crippen molar-refractivity contribution in [3.05, 3.63) is 65.7 Å². The minimum absolute atomic E-state index is 1.000. The lowest BCUT2D eigenvalue weighted by atomic mass is 10.0. The molecule has 0 heterocycles. The Bertz CT molecular complexity index is 504. The van der Waals surface area contributed by atoms with E-state index in [1.807, 2.05) is 0 Å². The highest BCUT2D eigenvalue weighted by molar-refractivity contribution is 5.52. The maximum absolute atomic E-state index is 3.61. The third-order valence-electron chi connectivity index (χ3n) is 3.85. The van der Waals surface area contributed by atoms with E-state index < -0.39 is 0 Å². The summed E-state index contributed by atoms with van der Waals surface area (Å²) >= 11 is 0. The van der Waals surface area contributed by atoms with Crippen molar-refractivity contribution in [2.45, 2.75) is 45.4 Å². The molecule has 1 N–H and O–H groups in total. The quantitative estimate of drug-likeness (QED) is 0.585. The average molecular weight is 281 g/mol. The van der Waals surface area contributed by atoms with E-state index >= 15 is 0 Å². The van der Waals surface area contributed by atoms with Gasteiger partial charge >= 0.3 is 0 Å². The molecular weight excluding hydrogens is 254 g/mol. The van der Waals surface area contributed by atoms with Crippen LogP contribution in [0.3, 0.4) is 0 Å². The van der Waals surface area contributed by atoms with Gasteiger partial charge in [0, 0.05) is 12.2 Å². The van der Waals surface area contributed by atoms with Crippen LogP contribution < -0.4 is 5.32 Å². The van der Waals surface area contributed by atoms with E-state index in [-0.39, 0.29) is 0 Å². The van der Waals surface area contributed by atoms with Gasteiger partial charge in [-0.25, -0.2) is 0 Å². The molecule has 0 bridgehead atoms. The first kappa shape index (κ1) is 15.6. The maximum atomic E-state index is 3.61. The molecule has 0 atom stereocenters. The molecule has 1 nitrogen and oxygen atoms in total. The standard InChI is InChI=1S/C20H27N/c1-2-3-4-5-11-16-21-20-15-10-9-14-19(20)17-18-12-7-6-8-13-18/h6-10,12-15,21H,2-5,11,16-17H2,1H3. The van der Waals surface area contributed by atoms with Gasteiger partial charge in [0.25, 0.3) is 0 Å². The summed E-state index contributed by atoms with van der Waals surface area (Å²) in [5, 5.41) is 3.61. The summed E-state index contributed by atoms with van der Waals surface area (Å²) in [6, 6.07) is 19.4. The van der Waals surface area contributed by atoms with Crippen molar-refractivity contribution in [2.75, 3.05) is 11.9 Å². The normalized spacial score (nSPS) is 10.5. The van der Waals surface area contributed by atoms with Crippen molar-refractivity contribution >= 4 is 5.69 Å². The molecule has 0 aliphatic carbocycles. The zero-order valence-electron chi connectivity index (χ0n) is 13.1. The van der Waals surface area contributed by atoms with Gasteiger partial charge in [-0.3, -0.25) is 0 Å². The number of para-hydroxylation sites is 1. The monoisotopic (exact) mass is 281 g/mol. The van der Waals surface area contributed by atoms with Gasteiger partial charge in [0.2, 0.25) is 0 Å². The number of hydrogen-bond donors (Lipinski definition) is 1. The summed E-state index contributed by atoms with van der Waals surface area (Å²) < 4.78 is 0. The number of rotatable bonds is 9. The first-order valence-corrected chi connectivity index (χ1v) is 8.26. The Labute approximate surface area is 129 Å². The minimum atomic E-state index is 1.000. The molecule has 0 aliphatic rings. The molecule has 2 rings (SSSR count). The number of hydrogen-bond acceptors (Lipinski definition) is 1. The van der Waals surface area contributed by atoms with E-state index in [1.165, 1.54) is 48.9 Å². The lowest BCUT2D eigenvalue weighted by Gasteiger charge is -2.12. The summed E-state index contributed by atoms with van der Waals surface area (Å²) in [5.41, 5.74) is 4.05. The van der Waals surface area contributed by atoms with Gasteiger partial charge in [-0.2, -0.15) is 0 Å². The fourth-order valence-corrected chi connectivity index (χ4v) is 2.61. The Kier molecular flexibility index (Phi) is 6.87. The molecule has 21 heavy (non-hydrogen) atoms. The molecule has 0 saturated heterocycles. The van der Waals surface area contributed by atoms with Gasteiger partial charge in [-0.1, -0.05) is 81.1 Å². The van der Waals surface area contributed by atoms with Crippen molar-refractivity contribution in [3.8, 4) is 0 Å². The molecule has 2 aromatic carbocycles. The Morgan fingerprint density at radius 3 is 2.29 bits per heavy atom. The van der Waals surface area contributed by atoms with Crippen molar-refractivity contribution in [1.82, 2.24) is 0 Å². The molecular formula is C20H27N. The molecule has 0 fully saturated rings. The topological polar surface area (TPSA) is 12.0 Å². The molecule has 0 amide bonds. The molecule has 112 valence electrons. The Balaban J connectivity index is 1.85. The summed E-state index contributed by atoms with van der Waals surface area (Å²) in [4.78, 5) is 0. The van der Waals surface area contributed by atoms with Gasteiger partial charge in [-0.15, -0.1) is 0 Å². The highest BCUT2D eigenvalue weighted by Crippen LogP contribution is 2.19. The maximum Gasteiger partial charge on any atom is 0.0376 e. The van der Waals surface area contributed by atoms with Crippen LogP contribution >= 0.6 is 0 Å². The van der Waals surface area contributed by atoms with E-state index in [4.69, 9.17) is 0 Å². The average Bonchev–Trinajstić information content (AvgIpc) is 2.53. The molecule has 0 radical (unpaired) electrons. The van der Waals surface area contributed by atoms with Gasteiger partial charge in [0.05, 0.1) is 0 Å². The van der Waals surface area contributed by atoms with E-state index in [1.54, 1.807) is 0 Å². The Morgan fingerprint density at radius 1 is 0.762 bits per heavy atom. The predicted molar refractivity (Wildman–Crippen MR) is 92.9 cm³/mol. The molecule has 0 unspecified atom stereocenters. The lowest BCUT2D eigenvalue weighted by Crippen LogP contribution is -2.04. The van der Waals surface area contributed by atoms with Crippen LogP contribution in [0.4, 0.5) is 5.69 Å². The van der Waals surface area contributed by atoms with Gasteiger partial charge in [0.1, 0.15) is 0 Å². The van der Waals surface area contributed by atoms with Crippen molar-refractivity contribution in [1.29, 1.82) is 0 Å². The largest absolute Gasteiger partial charge is 0.385 e. The molecule has 0 aromatic heterocycles. The van der Waals surface area contributed by atoms with Crippen LogP contribution in [0.5, 0.6) is 0 Å². The number of unbranched alkanes of at least 4 members (excludes halogenated alkanes) is 4. The van der Waals surface area contributed by atoms with Crippen LogP contribution in [0, 0.1) is 0 Å². The third-order valence-corrected chi connectivity index (χ3v) is 3.85. The summed E-state index contributed by atoms with van der Waals surface area (Å²) in [6.45, 7) is 3.34. The lowest BCUT2D eigenvalue weighted by molar-refractivity contribution is 0.645. The SMILES string of the molecule is CCCCCCCNc1ccccc1Cc1ccccc1. The smallest absolute Gasteiger partial charge is 0.0376 e. The molecule has 1 heteroatoms. The van der Waals surface area contributed by atoms with E-state index in [0.29, 0.717) is 0 Å². The fourth-order valence-electron chi connectivity index (χ4n) is 2.61. The highest BCUT2D eigenvalue weighted by atomic mass is 14.9. The summed E-state index contributed by atoms with van der Waals surface area (Å²) in [7, 11) is 0. The molecule has 2 aromatic rings. The van der Waals surface area contributed by atoms with Crippen molar-refractivity contribution in [2.24, 2.45) is 0 Å². The van der Waals surface area contributed by atoms with Crippen LogP contribution in [0.2, 0.25) is 0 Å². The Hall–Kier alpha value is -1.76. The van der Waals surface area contributed by atoms with Crippen LogP contribution in [0.25, 0.3) is 0 Å². The fraction of sp³-hybridized carbons (Fsp3) is 0.400. The molecule has 0 spiro atoms. The van der Waals surface area contributed by atoms with Crippen LogP contribution in [0.1, 0.15) is 50.2 Å². The van der Waals surface area contributed by atoms with E-state index in [9.17, 15) is 0 Å². The zero-order valence-corrected chi connectivity index (χ0v) is 13.1. The Morgan fingerprint density at radius 2 is 1.48 bits per heavy atom. The number of benzene rings is 2. The molecule has 0 aliphatic heterocycles. The van der Waals surface area contributed by atoms with Crippen molar-refractivity contribution in [3.63, 3.8) is 0 Å². The number of anilines is 1. The van der Waals surface area contributed by atoms with Crippen molar-refractivity contribution < 1.29 is 0 Å². The van der Waals surface area contributed by atoms with Gasteiger partial charge < -0.3 is 5.32 Å². The first-order valence-electron chi connectivity index (χ1n) is 8.26. The second-order valence-corrected chi connectivity index (χ2v) is 5.66. The first-order chi connectivity index (χ1) is 10.4. The number of nitrogens with one attached hydrogen (secondary N) is 1. The van der Waals surface area contributed by atoms with E-state index in [2.05, 4.69) is 66.8 Å². The molecule has 0 saturated carbocycles. The highest BCUT2D eigenvalue weighted by Gasteiger charge is 2.02. The minimum Gasteiger partial charge on any atom is -0.385 e. The zero-order chi connectivity index (χ0) is 14.8.